The molecule has 0 unspecified atom stereocenters. The van der Waals surface area contributed by atoms with E-state index >= 15 is 0 Å². The molecule has 0 saturated heterocycles. The second kappa shape index (κ2) is 5.41. The molecule has 2 aromatic heterocycles. The predicted octanol–water partition coefficient (Wildman–Crippen LogP) is -0.566. The summed E-state index contributed by atoms with van der Waals surface area (Å²) in [5.74, 6) is -0.347. The van der Waals surface area contributed by atoms with Crippen molar-refractivity contribution in [3.8, 4) is 0 Å². The molecule has 0 bridgehead atoms. The van der Waals surface area contributed by atoms with E-state index in [0.29, 0.717) is 12.1 Å². The number of carbonyl (C=O) groups is 1. The SMILES string of the molecule is CC(=O)OC[C@H]1[C@@H](CO)C[C@H]1n1cnc2c(=O)[nH]c(N)nc21. The van der Waals surface area contributed by atoms with E-state index in [1.54, 1.807) is 4.57 Å². The Labute approximate surface area is 125 Å². The molecule has 3 atom stereocenters. The first kappa shape index (κ1) is 14.5. The fourth-order valence-electron chi connectivity index (χ4n) is 2.95. The van der Waals surface area contributed by atoms with Crippen LogP contribution in [-0.2, 0) is 9.53 Å². The van der Waals surface area contributed by atoms with Gasteiger partial charge in [-0.1, -0.05) is 0 Å². The van der Waals surface area contributed by atoms with Crippen LogP contribution in [0.15, 0.2) is 11.1 Å². The lowest BCUT2D eigenvalue weighted by Crippen LogP contribution is -2.43. The third kappa shape index (κ3) is 2.33. The zero-order valence-corrected chi connectivity index (χ0v) is 12.0. The largest absolute Gasteiger partial charge is 0.465 e. The van der Waals surface area contributed by atoms with E-state index in [1.807, 2.05) is 0 Å². The number of nitrogen functional groups attached to an aromatic ring is 1. The van der Waals surface area contributed by atoms with Crippen molar-refractivity contribution in [1.29, 1.82) is 0 Å². The van der Waals surface area contributed by atoms with Gasteiger partial charge in [0.2, 0.25) is 5.95 Å². The number of nitrogens with zero attached hydrogens (tertiary/aromatic N) is 3. The van der Waals surface area contributed by atoms with Crippen molar-refractivity contribution < 1.29 is 14.6 Å². The monoisotopic (exact) mass is 307 g/mol. The molecule has 9 heteroatoms. The van der Waals surface area contributed by atoms with E-state index in [-0.39, 0.29) is 48.5 Å². The van der Waals surface area contributed by atoms with Crippen LogP contribution in [-0.4, -0.2) is 43.8 Å². The van der Waals surface area contributed by atoms with Gasteiger partial charge in [0.25, 0.3) is 5.56 Å². The Bertz CT molecular complexity index is 767. The van der Waals surface area contributed by atoms with Gasteiger partial charge in [-0.05, 0) is 12.3 Å². The summed E-state index contributed by atoms with van der Waals surface area (Å²) in [5, 5.41) is 9.38. The number of aromatic amines is 1. The van der Waals surface area contributed by atoms with Gasteiger partial charge in [-0.3, -0.25) is 14.6 Å². The quantitative estimate of drug-likeness (QED) is 0.644. The maximum absolute atomic E-state index is 11.8. The average molecular weight is 307 g/mol. The van der Waals surface area contributed by atoms with Gasteiger partial charge in [0.1, 0.15) is 0 Å². The van der Waals surface area contributed by atoms with Crippen molar-refractivity contribution in [2.24, 2.45) is 11.8 Å². The van der Waals surface area contributed by atoms with Gasteiger partial charge >= 0.3 is 5.97 Å². The third-order valence-corrected chi connectivity index (χ3v) is 4.17. The molecule has 0 aromatic carbocycles. The van der Waals surface area contributed by atoms with Crippen LogP contribution >= 0.6 is 0 Å². The first-order valence-corrected chi connectivity index (χ1v) is 6.97. The molecule has 0 amide bonds. The Morgan fingerprint density at radius 3 is 3.09 bits per heavy atom. The average Bonchev–Trinajstić information content (AvgIpc) is 2.82. The van der Waals surface area contributed by atoms with Gasteiger partial charge in [0.15, 0.2) is 11.2 Å². The smallest absolute Gasteiger partial charge is 0.302 e. The number of fused-ring (bicyclic) bond motifs is 1. The second-order valence-electron chi connectivity index (χ2n) is 5.49. The van der Waals surface area contributed by atoms with Gasteiger partial charge in [-0.25, -0.2) is 4.98 Å². The highest BCUT2D eigenvalue weighted by atomic mass is 16.5. The number of rotatable bonds is 4. The maximum atomic E-state index is 11.8. The Balaban J connectivity index is 1.93. The van der Waals surface area contributed by atoms with Gasteiger partial charge in [-0.2, -0.15) is 4.98 Å². The molecule has 9 nitrogen and oxygen atoms in total. The zero-order valence-electron chi connectivity index (χ0n) is 12.0. The van der Waals surface area contributed by atoms with Gasteiger partial charge < -0.3 is 20.1 Å². The molecule has 1 aliphatic carbocycles. The van der Waals surface area contributed by atoms with Crippen LogP contribution < -0.4 is 11.3 Å². The van der Waals surface area contributed by atoms with Crippen LogP contribution in [0.25, 0.3) is 11.2 Å². The molecule has 2 aromatic rings. The van der Waals surface area contributed by atoms with Crippen molar-refractivity contribution in [1.82, 2.24) is 19.5 Å². The summed E-state index contributed by atoms with van der Waals surface area (Å²) < 4.78 is 6.83. The molecule has 22 heavy (non-hydrogen) atoms. The van der Waals surface area contributed by atoms with E-state index in [9.17, 15) is 14.7 Å². The van der Waals surface area contributed by atoms with Crippen LogP contribution in [0, 0.1) is 11.8 Å². The number of hydrogen-bond donors (Lipinski definition) is 3. The minimum Gasteiger partial charge on any atom is -0.465 e. The fraction of sp³-hybridized carbons (Fsp3) is 0.538. The number of aliphatic hydroxyl groups excluding tert-OH is 1. The summed E-state index contributed by atoms with van der Waals surface area (Å²) in [6.07, 6.45) is 2.23. The number of esters is 1. The molecule has 2 heterocycles. The lowest BCUT2D eigenvalue weighted by Gasteiger charge is -2.44. The third-order valence-electron chi connectivity index (χ3n) is 4.17. The molecule has 4 N–H and O–H groups in total. The first-order valence-electron chi connectivity index (χ1n) is 6.97. The van der Waals surface area contributed by atoms with E-state index in [1.165, 1.54) is 13.3 Å². The van der Waals surface area contributed by atoms with Crippen molar-refractivity contribution in [3.05, 3.63) is 16.7 Å². The van der Waals surface area contributed by atoms with Crippen LogP contribution in [0.2, 0.25) is 0 Å². The number of H-pyrrole nitrogens is 1. The normalized spacial score (nSPS) is 24.2. The number of nitrogens with two attached hydrogens (primary N) is 1. The van der Waals surface area contributed by atoms with Gasteiger partial charge in [-0.15, -0.1) is 0 Å². The Kier molecular flexibility index (Phi) is 3.57. The molecule has 3 rings (SSSR count). The van der Waals surface area contributed by atoms with E-state index in [4.69, 9.17) is 10.5 Å². The van der Waals surface area contributed by atoms with E-state index in [2.05, 4.69) is 15.0 Å². The van der Waals surface area contributed by atoms with Crippen LogP contribution in [0.4, 0.5) is 5.95 Å². The summed E-state index contributed by atoms with van der Waals surface area (Å²) >= 11 is 0. The minimum absolute atomic E-state index is 0.0191. The number of nitrogens with one attached hydrogen (secondary N) is 1. The topological polar surface area (TPSA) is 136 Å². The highest BCUT2D eigenvalue weighted by Gasteiger charge is 2.43. The predicted molar refractivity (Wildman–Crippen MR) is 76.9 cm³/mol. The van der Waals surface area contributed by atoms with E-state index in [0.717, 1.165) is 0 Å². The Hall–Kier alpha value is -2.42. The zero-order chi connectivity index (χ0) is 15.9. The number of hydrogen-bond acceptors (Lipinski definition) is 7. The number of imidazole rings is 1. The maximum Gasteiger partial charge on any atom is 0.302 e. The summed E-state index contributed by atoms with van der Waals surface area (Å²) in [4.78, 5) is 33.4. The summed E-state index contributed by atoms with van der Waals surface area (Å²) in [5.41, 5.74) is 5.80. The summed E-state index contributed by atoms with van der Waals surface area (Å²) in [7, 11) is 0. The van der Waals surface area contributed by atoms with Crippen LogP contribution in [0.5, 0.6) is 0 Å². The van der Waals surface area contributed by atoms with Gasteiger partial charge in [0, 0.05) is 25.5 Å². The molecular weight excluding hydrogens is 290 g/mol. The number of carbonyl (C=O) groups excluding carboxylic acids is 1. The molecule has 0 aliphatic heterocycles. The Morgan fingerprint density at radius 1 is 1.64 bits per heavy atom. The number of aliphatic hydroxyl groups is 1. The number of ether oxygens (including phenoxy) is 1. The molecule has 1 saturated carbocycles. The second-order valence-corrected chi connectivity index (χ2v) is 5.49. The highest BCUT2D eigenvalue weighted by molar-refractivity contribution is 5.70. The van der Waals surface area contributed by atoms with Crippen molar-refractivity contribution >= 4 is 23.1 Å². The summed E-state index contributed by atoms with van der Waals surface area (Å²) in [6.45, 7) is 1.57. The highest BCUT2D eigenvalue weighted by Crippen LogP contribution is 2.44. The molecule has 0 radical (unpaired) electrons. The summed E-state index contributed by atoms with van der Waals surface area (Å²) in [6, 6.07) is -0.0461. The lowest BCUT2D eigenvalue weighted by atomic mass is 9.70. The first-order chi connectivity index (χ1) is 10.5. The van der Waals surface area contributed by atoms with Crippen molar-refractivity contribution in [2.75, 3.05) is 18.9 Å². The van der Waals surface area contributed by atoms with E-state index < -0.39 is 5.56 Å². The molecule has 1 aliphatic rings. The standard InChI is InChI=1S/C13H17N5O4/c1-6(20)22-4-8-7(3-19)2-9(8)18-5-15-10-11(18)16-13(14)17-12(10)21/h5,7-9,19H,2-4H2,1H3,(H3,14,16,17,21)/t7-,8+,9-/m1/s1. The van der Waals surface area contributed by atoms with Crippen LogP contribution in [0.3, 0.4) is 0 Å². The number of anilines is 1. The lowest BCUT2D eigenvalue weighted by molar-refractivity contribution is -0.146. The molecule has 1 fully saturated rings. The Morgan fingerprint density at radius 2 is 2.41 bits per heavy atom. The molecule has 0 spiro atoms. The molecule has 118 valence electrons. The van der Waals surface area contributed by atoms with Crippen LogP contribution in [0.1, 0.15) is 19.4 Å². The van der Waals surface area contributed by atoms with Gasteiger partial charge in [0.05, 0.1) is 12.9 Å². The fourth-order valence-corrected chi connectivity index (χ4v) is 2.95. The van der Waals surface area contributed by atoms with Crippen molar-refractivity contribution in [2.45, 2.75) is 19.4 Å². The van der Waals surface area contributed by atoms with Crippen molar-refractivity contribution in [3.63, 3.8) is 0 Å². The molecular formula is C13H17N5O4. The minimum atomic E-state index is -0.393. The number of aromatic nitrogens is 4.